The molecule has 0 spiro atoms. The maximum absolute atomic E-state index is 12.6. The highest BCUT2D eigenvalue weighted by molar-refractivity contribution is 5.80. The number of ether oxygens (including phenoxy) is 2. The van der Waals surface area contributed by atoms with Crippen LogP contribution in [-0.4, -0.2) is 55.1 Å². The van der Waals surface area contributed by atoms with Gasteiger partial charge in [0.1, 0.15) is 13.2 Å². The zero-order chi connectivity index (χ0) is 36.8. The smallest absolute Gasteiger partial charge is 0.305 e. The lowest BCUT2D eigenvalue weighted by Gasteiger charge is -2.23. The van der Waals surface area contributed by atoms with Crippen molar-refractivity contribution < 1.29 is 29.6 Å². The molecular weight excluding hydrogens is 624 g/mol. The normalized spacial score (nSPS) is 12.2. The zero-order valence-electron chi connectivity index (χ0n) is 33.2. The quantitative estimate of drug-likeness (QED) is 0.0394. The molecule has 0 heterocycles. The second-order valence-corrected chi connectivity index (χ2v) is 14.3. The Balaban J connectivity index is 3.85. The van der Waals surface area contributed by atoms with Crippen LogP contribution in [0.5, 0.6) is 0 Å². The minimum atomic E-state index is -0.423. The van der Waals surface area contributed by atoms with Crippen LogP contribution in [0, 0.1) is 0 Å². The average Bonchev–Trinajstić information content (AvgIpc) is 3.10. The fourth-order valence-corrected chi connectivity index (χ4v) is 6.01. The van der Waals surface area contributed by atoms with Gasteiger partial charge in [0.15, 0.2) is 6.04 Å². The summed E-state index contributed by atoms with van der Waals surface area (Å²) in [5.74, 6) is -0.570. The van der Waals surface area contributed by atoms with E-state index in [0.717, 1.165) is 51.4 Å². The number of amides is 1. The second kappa shape index (κ2) is 38.1. The van der Waals surface area contributed by atoms with Crippen molar-refractivity contribution in [3.8, 4) is 0 Å². The van der Waals surface area contributed by atoms with E-state index in [2.05, 4.69) is 43.9 Å². The predicted octanol–water partition coefficient (Wildman–Crippen LogP) is 10.6. The third kappa shape index (κ3) is 34.3. The predicted molar refractivity (Wildman–Crippen MR) is 210 cm³/mol. The highest BCUT2D eigenvalue weighted by Crippen LogP contribution is 2.12. The van der Waals surface area contributed by atoms with Gasteiger partial charge in [0.2, 0.25) is 0 Å². The maximum atomic E-state index is 12.6. The zero-order valence-corrected chi connectivity index (χ0v) is 33.2. The van der Waals surface area contributed by atoms with Crippen LogP contribution in [0.2, 0.25) is 0 Å². The SMILES string of the molecule is CCCCCCCC/C=C\CCCCCCCC(=O)OCCN(CCOC(=O)CCCCCCC/C=C\CCCCCCCC)C(=O)[C@H](C)[NH3+]. The van der Waals surface area contributed by atoms with Crippen molar-refractivity contribution in [2.75, 3.05) is 26.3 Å². The van der Waals surface area contributed by atoms with Gasteiger partial charge in [0.25, 0.3) is 5.91 Å². The molecule has 292 valence electrons. The van der Waals surface area contributed by atoms with Crippen LogP contribution in [0.3, 0.4) is 0 Å². The first-order valence-corrected chi connectivity index (χ1v) is 21.1. The van der Waals surface area contributed by atoms with Crippen LogP contribution in [-0.2, 0) is 23.9 Å². The van der Waals surface area contributed by atoms with E-state index in [1.807, 2.05) is 0 Å². The van der Waals surface area contributed by atoms with E-state index in [-0.39, 0.29) is 44.1 Å². The van der Waals surface area contributed by atoms with Gasteiger partial charge in [-0.2, -0.15) is 0 Å². The van der Waals surface area contributed by atoms with E-state index in [0.29, 0.717) is 12.8 Å². The summed E-state index contributed by atoms with van der Waals surface area (Å²) >= 11 is 0. The molecule has 0 aromatic heterocycles. The summed E-state index contributed by atoms with van der Waals surface area (Å²) in [7, 11) is 0. The van der Waals surface area contributed by atoms with Crippen molar-refractivity contribution in [3.63, 3.8) is 0 Å². The Kier molecular flexibility index (Phi) is 36.5. The number of allylic oxidation sites excluding steroid dienone is 4. The topological polar surface area (TPSA) is 101 Å². The molecule has 3 N–H and O–H groups in total. The molecular formula is C43H81N2O5+. The van der Waals surface area contributed by atoms with Crippen LogP contribution in [0.4, 0.5) is 0 Å². The maximum Gasteiger partial charge on any atom is 0.305 e. The number of hydrogen-bond acceptors (Lipinski definition) is 5. The molecule has 0 rings (SSSR count). The van der Waals surface area contributed by atoms with Gasteiger partial charge < -0.3 is 20.1 Å². The Morgan fingerprint density at radius 2 is 0.800 bits per heavy atom. The van der Waals surface area contributed by atoms with Crippen LogP contribution in [0.25, 0.3) is 0 Å². The molecule has 0 aromatic rings. The van der Waals surface area contributed by atoms with Gasteiger partial charge >= 0.3 is 11.9 Å². The summed E-state index contributed by atoms with van der Waals surface area (Å²) in [6.45, 7) is 7.11. The molecule has 7 heteroatoms. The van der Waals surface area contributed by atoms with Gasteiger partial charge in [-0.3, -0.25) is 14.4 Å². The van der Waals surface area contributed by atoms with Crippen molar-refractivity contribution >= 4 is 17.8 Å². The number of rotatable bonds is 37. The lowest BCUT2D eigenvalue weighted by atomic mass is 10.1. The summed E-state index contributed by atoms with van der Waals surface area (Å²) < 4.78 is 10.8. The highest BCUT2D eigenvalue weighted by Gasteiger charge is 2.20. The van der Waals surface area contributed by atoms with Crippen molar-refractivity contribution in [3.05, 3.63) is 24.3 Å². The number of esters is 2. The van der Waals surface area contributed by atoms with Crippen molar-refractivity contribution in [2.24, 2.45) is 0 Å². The molecule has 0 saturated heterocycles. The van der Waals surface area contributed by atoms with Gasteiger partial charge in [-0.25, -0.2) is 0 Å². The van der Waals surface area contributed by atoms with Gasteiger partial charge in [-0.05, 0) is 71.1 Å². The molecule has 0 aliphatic heterocycles. The van der Waals surface area contributed by atoms with E-state index in [1.165, 1.54) is 116 Å². The molecule has 1 amide bonds. The molecule has 0 saturated carbocycles. The van der Waals surface area contributed by atoms with E-state index in [1.54, 1.807) is 11.8 Å². The molecule has 0 fully saturated rings. The highest BCUT2D eigenvalue weighted by atomic mass is 16.5. The van der Waals surface area contributed by atoms with E-state index >= 15 is 0 Å². The van der Waals surface area contributed by atoms with Crippen LogP contribution < -0.4 is 5.73 Å². The second-order valence-electron chi connectivity index (χ2n) is 14.3. The largest absolute Gasteiger partial charge is 0.464 e. The molecule has 7 nitrogen and oxygen atoms in total. The van der Waals surface area contributed by atoms with Gasteiger partial charge in [0.05, 0.1) is 13.1 Å². The lowest BCUT2D eigenvalue weighted by molar-refractivity contribution is -0.400. The first-order chi connectivity index (χ1) is 24.4. The van der Waals surface area contributed by atoms with Crippen LogP contribution in [0.15, 0.2) is 24.3 Å². The summed E-state index contributed by atoms with van der Waals surface area (Å²) in [5, 5.41) is 0. The number of quaternary nitrogens is 1. The Bertz CT molecular complexity index is 783. The molecule has 0 aromatic carbocycles. The fourth-order valence-electron chi connectivity index (χ4n) is 6.01. The number of carbonyl (C=O) groups is 3. The Morgan fingerprint density at radius 1 is 0.500 bits per heavy atom. The van der Waals surface area contributed by atoms with Gasteiger partial charge in [-0.1, -0.05) is 141 Å². The van der Waals surface area contributed by atoms with Crippen molar-refractivity contribution in [1.82, 2.24) is 4.90 Å². The minimum Gasteiger partial charge on any atom is -0.464 e. The summed E-state index contributed by atoms with van der Waals surface area (Å²) in [6, 6.07) is -0.423. The Morgan fingerprint density at radius 3 is 1.12 bits per heavy atom. The Hall–Kier alpha value is -2.15. The van der Waals surface area contributed by atoms with E-state index in [9.17, 15) is 14.4 Å². The number of hydrogen-bond donors (Lipinski definition) is 1. The summed E-state index contributed by atoms with van der Waals surface area (Å²) in [5.41, 5.74) is 3.84. The monoisotopic (exact) mass is 706 g/mol. The van der Waals surface area contributed by atoms with Crippen LogP contribution >= 0.6 is 0 Å². The standard InChI is InChI=1S/C43H80N2O5/c1-4-6-8-10-12-14-16-18-20-22-24-26-28-30-32-34-41(46)49-38-36-45(43(48)40(3)44)37-39-50-42(47)35-33-31-29-27-25-23-21-19-17-15-13-11-9-7-5-2/h18-21,40H,4-17,22-39,44H2,1-3H3/p+1/b20-18-,21-19-/t40-/m0/s1. The molecule has 0 radical (unpaired) electrons. The lowest BCUT2D eigenvalue weighted by Crippen LogP contribution is -2.66. The minimum absolute atomic E-state index is 0.133. The summed E-state index contributed by atoms with van der Waals surface area (Å²) in [4.78, 5) is 38.7. The van der Waals surface area contributed by atoms with Crippen molar-refractivity contribution in [1.29, 1.82) is 0 Å². The fraction of sp³-hybridized carbons (Fsp3) is 0.837. The third-order valence-electron chi connectivity index (χ3n) is 9.27. The number of carbonyl (C=O) groups excluding carboxylic acids is 3. The first-order valence-electron chi connectivity index (χ1n) is 21.1. The molecule has 50 heavy (non-hydrogen) atoms. The third-order valence-corrected chi connectivity index (χ3v) is 9.27. The Labute approximate surface area is 308 Å². The van der Waals surface area contributed by atoms with Crippen molar-refractivity contribution in [2.45, 2.75) is 207 Å². The average molecular weight is 706 g/mol. The van der Waals surface area contributed by atoms with Gasteiger partial charge in [-0.15, -0.1) is 0 Å². The molecule has 0 bridgehead atoms. The molecule has 0 aliphatic carbocycles. The van der Waals surface area contributed by atoms with E-state index < -0.39 is 6.04 Å². The van der Waals surface area contributed by atoms with E-state index in [4.69, 9.17) is 9.47 Å². The first kappa shape index (κ1) is 47.8. The van der Waals surface area contributed by atoms with Gasteiger partial charge in [0, 0.05) is 12.8 Å². The number of nitrogens with zero attached hydrogens (tertiary/aromatic N) is 1. The molecule has 0 aliphatic rings. The van der Waals surface area contributed by atoms with Crippen LogP contribution in [0.1, 0.15) is 201 Å². The summed E-state index contributed by atoms with van der Waals surface area (Å²) in [6.07, 6.45) is 41.9. The molecule has 1 atom stereocenters. The molecule has 0 unspecified atom stereocenters. The number of unbranched alkanes of at least 4 members (excludes halogenated alkanes) is 22.